The van der Waals surface area contributed by atoms with E-state index >= 15 is 0 Å². The van der Waals surface area contributed by atoms with E-state index in [-0.39, 0.29) is 0 Å². The average molecular weight is 223 g/mol. The normalized spacial score (nSPS) is 14.6. The highest BCUT2D eigenvalue weighted by Crippen LogP contribution is 2.28. The number of anilines is 2. The number of aromatic nitrogens is 3. The van der Waals surface area contributed by atoms with Crippen molar-refractivity contribution in [2.75, 3.05) is 30.8 Å². The Labute approximate surface area is 94.9 Å². The predicted molar refractivity (Wildman–Crippen MR) is 61.8 cm³/mol. The van der Waals surface area contributed by atoms with Crippen LogP contribution in [0.15, 0.2) is 0 Å². The summed E-state index contributed by atoms with van der Waals surface area (Å²) in [6.45, 7) is 3.38. The van der Waals surface area contributed by atoms with Gasteiger partial charge in [-0.15, -0.1) is 0 Å². The molecule has 16 heavy (non-hydrogen) atoms. The van der Waals surface area contributed by atoms with Crippen LogP contribution in [0.2, 0.25) is 0 Å². The molecule has 0 spiro atoms. The first-order chi connectivity index (χ1) is 7.81. The van der Waals surface area contributed by atoms with Crippen molar-refractivity contribution in [1.82, 2.24) is 15.0 Å². The van der Waals surface area contributed by atoms with Crippen LogP contribution in [0.25, 0.3) is 0 Å². The van der Waals surface area contributed by atoms with Crippen molar-refractivity contribution in [3.05, 3.63) is 0 Å². The molecule has 1 aliphatic carbocycles. The Hall–Kier alpha value is -1.59. The number of nitrogens with zero attached hydrogens (tertiary/aromatic N) is 3. The van der Waals surface area contributed by atoms with Gasteiger partial charge in [-0.2, -0.15) is 15.0 Å². The zero-order chi connectivity index (χ0) is 11.4. The van der Waals surface area contributed by atoms with E-state index in [1.807, 2.05) is 6.92 Å². The standard InChI is InChI=1S/C10H17N5O/c1-3-16-10-14-8(11-2)13-9(15-10)12-6-7-4-5-7/h7H,3-6H2,1-2H3,(H2,11,12,13,14,15). The third kappa shape index (κ3) is 2.95. The number of nitrogens with one attached hydrogen (secondary N) is 2. The lowest BCUT2D eigenvalue weighted by Gasteiger charge is -2.07. The Bertz CT molecular complexity index is 353. The summed E-state index contributed by atoms with van der Waals surface area (Å²) in [5, 5.41) is 6.09. The van der Waals surface area contributed by atoms with Gasteiger partial charge in [0.05, 0.1) is 6.61 Å². The molecule has 1 aromatic rings. The van der Waals surface area contributed by atoms with Crippen LogP contribution < -0.4 is 15.4 Å². The van der Waals surface area contributed by atoms with Crippen LogP contribution in [0.1, 0.15) is 19.8 Å². The summed E-state index contributed by atoms with van der Waals surface area (Å²) in [6, 6.07) is 0.361. The minimum Gasteiger partial charge on any atom is -0.464 e. The number of ether oxygens (including phenoxy) is 1. The lowest BCUT2D eigenvalue weighted by molar-refractivity contribution is 0.312. The maximum atomic E-state index is 5.27. The van der Waals surface area contributed by atoms with Crippen molar-refractivity contribution in [1.29, 1.82) is 0 Å². The highest BCUT2D eigenvalue weighted by atomic mass is 16.5. The van der Waals surface area contributed by atoms with Crippen molar-refractivity contribution in [3.63, 3.8) is 0 Å². The fraction of sp³-hybridized carbons (Fsp3) is 0.700. The molecule has 2 N–H and O–H groups in total. The van der Waals surface area contributed by atoms with Gasteiger partial charge in [-0.25, -0.2) is 0 Å². The summed E-state index contributed by atoms with van der Waals surface area (Å²) < 4.78 is 5.27. The first-order valence-electron chi connectivity index (χ1n) is 5.62. The molecule has 0 bridgehead atoms. The maximum Gasteiger partial charge on any atom is 0.323 e. The average Bonchev–Trinajstić information content (AvgIpc) is 3.10. The molecule has 6 heteroatoms. The fourth-order valence-electron chi connectivity index (χ4n) is 1.30. The summed E-state index contributed by atoms with van der Waals surface area (Å²) in [5.74, 6) is 1.89. The molecule has 1 heterocycles. The van der Waals surface area contributed by atoms with E-state index in [0.29, 0.717) is 24.5 Å². The van der Waals surface area contributed by atoms with E-state index in [1.165, 1.54) is 12.8 Å². The molecule has 0 aromatic carbocycles. The molecule has 1 saturated carbocycles. The molecule has 0 atom stereocenters. The second-order valence-corrected chi connectivity index (χ2v) is 3.77. The smallest absolute Gasteiger partial charge is 0.323 e. The zero-order valence-corrected chi connectivity index (χ0v) is 9.66. The summed E-state index contributed by atoms with van der Waals surface area (Å²) in [6.07, 6.45) is 2.60. The van der Waals surface area contributed by atoms with Gasteiger partial charge in [0.2, 0.25) is 11.9 Å². The van der Waals surface area contributed by atoms with Gasteiger partial charge in [-0.05, 0) is 25.7 Å². The molecule has 0 aliphatic heterocycles. The Morgan fingerprint density at radius 3 is 2.62 bits per heavy atom. The molecule has 2 rings (SSSR count). The SMILES string of the molecule is CCOc1nc(NC)nc(NCC2CC2)n1. The number of hydrogen-bond acceptors (Lipinski definition) is 6. The minimum absolute atomic E-state index is 0.361. The molecular formula is C10H17N5O. The van der Waals surface area contributed by atoms with Gasteiger partial charge >= 0.3 is 6.01 Å². The van der Waals surface area contributed by atoms with Crippen molar-refractivity contribution >= 4 is 11.9 Å². The highest BCUT2D eigenvalue weighted by Gasteiger charge is 2.21. The van der Waals surface area contributed by atoms with Crippen molar-refractivity contribution in [2.45, 2.75) is 19.8 Å². The molecule has 0 unspecified atom stereocenters. The Morgan fingerprint density at radius 2 is 2.00 bits per heavy atom. The topological polar surface area (TPSA) is 72.0 Å². The van der Waals surface area contributed by atoms with E-state index in [4.69, 9.17) is 4.74 Å². The van der Waals surface area contributed by atoms with E-state index in [1.54, 1.807) is 7.05 Å². The van der Waals surface area contributed by atoms with Gasteiger partial charge in [-0.1, -0.05) is 0 Å². The molecule has 0 amide bonds. The van der Waals surface area contributed by atoms with E-state index < -0.39 is 0 Å². The van der Waals surface area contributed by atoms with Crippen LogP contribution >= 0.6 is 0 Å². The molecule has 1 aliphatic rings. The maximum absolute atomic E-state index is 5.27. The van der Waals surface area contributed by atoms with Crippen LogP contribution in [0.3, 0.4) is 0 Å². The van der Waals surface area contributed by atoms with Crippen LogP contribution in [-0.2, 0) is 0 Å². The second kappa shape index (κ2) is 4.96. The molecule has 0 radical (unpaired) electrons. The zero-order valence-electron chi connectivity index (χ0n) is 9.66. The lowest BCUT2D eigenvalue weighted by atomic mass is 10.4. The molecular weight excluding hydrogens is 206 g/mol. The second-order valence-electron chi connectivity index (χ2n) is 3.77. The van der Waals surface area contributed by atoms with Gasteiger partial charge in [0.1, 0.15) is 0 Å². The summed E-state index contributed by atoms with van der Waals surface area (Å²) >= 11 is 0. The van der Waals surface area contributed by atoms with Crippen molar-refractivity contribution in [2.24, 2.45) is 5.92 Å². The molecule has 0 saturated heterocycles. The van der Waals surface area contributed by atoms with Crippen LogP contribution in [-0.4, -0.2) is 35.2 Å². The van der Waals surface area contributed by atoms with Crippen molar-refractivity contribution < 1.29 is 4.74 Å². The van der Waals surface area contributed by atoms with E-state index in [2.05, 4.69) is 25.6 Å². The molecule has 6 nitrogen and oxygen atoms in total. The van der Waals surface area contributed by atoms with Crippen LogP contribution in [0, 0.1) is 5.92 Å². The number of rotatable bonds is 6. The molecule has 88 valence electrons. The van der Waals surface area contributed by atoms with E-state index in [9.17, 15) is 0 Å². The summed E-state index contributed by atoms with van der Waals surface area (Å²) in [5.41, 5.74) is 0. The first-order valence-corrected chi connectivity index (χ1v) is 5.62. The fourth-order valence-corrected chi connectivity index (χ4v) is 1.30. The third-order valence-corrected chi connectivity index (χ3v) is 2.36. The quantitative estimate of drug-likeness (QED) is 0.753. The van der Waals surface area contributed by atoms with Gasteiger partial charge in [0, 0.05) is 13.6 Å². The predicted octanol–water partition coefficient (Wildman–Crippen LogP) is 1.13. The lowest BCUT2D eigenvalue weighted by Crippen LogP contribution is -2.11. The largest absolute Gasteiger partial charge is 0.464 e. The van der Waals surface area contributed by atoms with Gasteiger partial charge in [0.25, 0.3) is 0 Å². The monoisotopic (exact) mass is 223 g/mol. The van der Waals surface area contributed by atoms with E-state index in [0.717, 1.165) is 12.5 Å². The Balaban J connectivity index is 2.04. The Morgan fingerprint density at radius 1 is 1.25 bits per heavy atom. The van der Waals surface area contributed by atoms with Gasteiger partial charge in [0.15, 0.2) is 0 Å². The van der Waals surface area contributed by atoms with Crippen molar-refractivity contribution in [3.8, 4) is 6.01 Å². The van der Waals surface area contributed by atoms with Crippen LogP contribution in [0.5, 0.6) is 6.01 Å². The first kappa shape index (κ1) is 10.9. The minimum atomic E-state index is 0.361. The summed E-state index contributed by atoms with van der Waals surface area (Å²) in [4.78, 5) is 12.5. The Kier molecular flexibility index (Phi) is 3.38. The van der Waals surface area contributed by atoms with Gasteiger partial charge in [-0.3, -0.25) is 0 Å². The molecule has 1 aromatic heterocycles. The summed E-state index contributed by atoms with van der Waals surface area (Å²) in [7, 11) is 1.77. The van der Waals surface area contributed by atoms with Crippen LogP contribution in [0.4, 0.5) is 11.9 Å². The van der Waals surface area contributed by atoms with Gasteiger partial charge < -0.3 is 15.4 Å². The third-order valence-electron chi connectivity index (χ3n) is 2.36. The number of hydrogen-bond donors (Lipinski definition) is 2. The highest BCUT2D eigenvalue weighted by molar-refractivity contribution is 5.35. The molecule has 1 fully saturated rings.